The summed E-state index contributed by atoms with van der Waals surface area (Å²) in [4.78, 5) is 21.8. The van der Waals surface area contributed by atoms with Gasteiger partial charge in [0, 0.05) is 12.6 Å². The standard InChI is InChI=1S/C13H20N4O2/c1-9-8-17(2)5-4-10(9)16-12-7-14-11(6-15-12)13(18)19-3/h6-7,9-10H,4-5,8H2,1-3H3,(H,15,16). The van der Waals surface area contributed by atoms with Crippen LogP contribution in [0, 0.1) is 5.92 Å². The molecular weight excluding hydrogens is 244 g/mol. The van der Waals surface area contributed by atoms with Gasteiger partial charge in [0.15, 0.2) is 5.69 Å². The normalized spacial score (nSPS) is 23.9. The van der Waals surface area contributed by atoms with Crippen molar-refractivity contribution >= 4 is 11.8 Å². The maximum Gasteiger partial charge on any atom is 0.358 e. The molecule has 0 radical (unpaired) electrons. The number of hydrogen-bond donors (Lipinski definition) is 1. The fourth-order valence-corrected chi connectivity index (χ4v) is 2.37. The number of nitrogens with one attached hydrogen (secondary N) is 1. The van der Waals surface area contributed by atoms with Gasteiger partial charge in [-0.2, -0.15) is 0 Å². The molecule has 0 aromatic carbocycles. The summed E-state index contributed by atoms with van der Waals surface area (Å²) in [5.41, 5.74) is 0.226. The number of aromatic nitrogens is 2. The molecule has 0 saturated carbocycles. The second kappa shape index (κ2) is 5.97. The Morgan fingerprint density at radius 2 is 2.26 bits per heavy atom. The third-order valence-corrected chi connectivity index (χ3v) is 3.49. The summed E-state index contributed by atoms with van der Waals surface area (Å²) in [5.74, 6) is 0.793. The highest BCUT2D eigenvalue weighted by atomic mass is 16.5. The van der Waals surface area contributed by atoms with Crippen molar-refractivity contribution in [1.82, 2.24) is 14.9 Å². The third kappa shape index (κ3) is 3.41. The summed E-state index contributed by atoms with van der Waals surface area (Å²) in [6, 6.07) is 0.398. The lowest BCUT2D eigenvalue weighted by atomic mass is 9.94. The van der Waals surface area contributed by atoms with Crippen LogP contribution in [-0.4, -0.2) is 54.1 Å². The third-order valence-electron chi connectivity index (χ3n) is 3.49. The maximum absolute atomic E-state index is 11.3. The minimum atomic E-state index is -0.466. The molecule has 1 fully saturated rings. The molecular formula is C13H20N4O2. The zero-order chi connectivity index (χ0) is 13.8. The number of likely N-dealkylation sites (tertiary alicyclic amines) is 1. The van der Waals surface area contributed by atoms with Crippen LogP contribution in [0.1, 0.15) is 23.8 Å². The molecule has 0 aliphatic carbocycles. The summed E-state index contributed by atoms with van der Waals surface area (Å²) in [6.45, 7) is 4.38. The smallest absolute Gasteiger partial charge is 0.358 e. The fraction of sp³-hybridized carbons (Fsp3) is 0.615. The Morgan fingerprint density at radius 1 is 1.47 bits per heavy atom. The number of rotatable bonds is 3. The van der Waals surface area contributed by atoms with E-state index in [1.54, 1.807) is 6.20 Å². The average Bonchev–Trinajstić information content (AvgIpc) is 2.42. The number of hydrogen-bond acceptors (Lipinski definition) is 6. The van der Waals surface area contributed by atoms with Crippen LogP contribution in [-0.2, 0) is 4.74 Å². The van der Waals surface area contributed by atoms with Crippen molar-refractivity contribution in [1.29, 1.82) is 0 Å². The van der Waals surface area contributed by atoms with E-state index in [1.165, 1.54) is 13.3 Å². The van der Waals surface area contributed by atoms with Gasteiger partial charge in [-0.1, -0.05) is 6.92 Å². The highest BCUT2D eigenvalue weighted by molar-refractivity contribution is 5.86. The molecule has 1 aliphatic rings. The highest BCUT2D eigenvalue weighted by Crippen LogP contribution is 2.19. The van der Waals surface area contributed by atoms with E-state index >= 15 is 0 Å². The zero-order valence-corrected chi connectivity index (χ0v) is 11.6. The monoisotopic (exact) mass is 264 g/mol. The van der Waals surface area contributed by atoms with Gasteiger partial charge in [-0.3, -0.25) is 0 Å². The van der Waals surface area contributed by atoms with E-state index in [0.29, 0.717) is 17.8 Å². The first kappa shape index (κ1) is 13.7. The van der Waals surface area contributed by atoms with Crippen LogP contribution < -0.4 is 5.32 Å². The maximum atomic E-state index is 11.3. The fourth-order valence-electron chi connectivity index (χ4n) is 2.37. The van der Waals surface area contributed by atoms with Crippen LogP contribution in [0.2, 0.25) is 0 Å². The number of carbonyl (C=O) groups is 1. The summed E-state index contributed by atoms with van der Waals surface area (Å²) in [5, 5.41) is 3.38. The lowest BCUT2D eigenvalue weighted by molar-refractivity contribution is 0.0593. The van der Waals surface area contributed by atoms with E-state index < -0.39 is 5.97 Å². The second-order valence-electron chi connectivity index (χ2n) is 5.06. The van der Waals surface area contributed by atoms with Crippen LogP contribution in [0.4, 0.5) is 5.82 Å². The molecule has 0 bridgehead atoms. The molecule has 1 saturated heterocycles. The molecule has 104 valence electrons. The Kier molecular flexibility index (Phi) is 4.31. The van der Waals surface area contributed by atoms with Gasteiger partial charge in [-0.25, -0.2) is 14.8 Å². The number of anilines is 1. The van der Waals surface area contributed by atoms with Gasteiger partial charge in [-0.05, 0) is 25.9 Å². The van der Waals surface area contributed by atoms with Gasteiger partial charge >= 0.3 is 5.97 Å². The van der Waals surface area contributed by atoms with Crippen molar-refractivity contribution in [2.24, 2.45) is 5.92 Å². The SMILES string of the molecule is COC(=O)c1cnc(NC2CCN(C)CC2C)cn1. The first-order chi connectivity index (χ1) is 9.10. The van der Waals surface area contributed by atoms with Gasteiger partial charge in [-0.15, -0.1) is 0 Å². The second-order valence-corrected chi connectivity index (χ2v) is 5.06. The predicted molar refractivity (Wildman–Crippen MR) is 72.1 cm³/mol. The molecule has 2 rings (SSSR count). The molecule has 6 heteroatoms. The summed E-state index contributed by atoms with van der Waals surface area (Å²) < 4.78 is 4.59. The van der Waals surface area contributed by atoms with E-state index in [0.717, 1.165) is 19.5 Å². The zero-order valence-electron chi connectivity index (χ0n) is 11.6. The van der Waals surface area contributed by atoms with Gasteiger partial charge in [0.05, 0.1) is 19.5 Å². The van der Waals surface area contributed by atoms with Gasteiger partial charge in [0.1, 0.15) is 5.82 Å². The first-order valence-corrected chi connectivity index (χ1v) is 6.45. The topological polar surface area (TPSA) is 67.3 Å². The molecule has 0 amide bonds. The van der Waals surface area contributed by atoms with Crippen molar-refractivity contribution in [3.05, 3.63) is 18.1 Å². The number of esters is 1. The van der Waals surface area contributed by atoms with E-state index in [9.17, 15) is 4.79 Å². The summed E-state index contributed by atoms with van der Waals surface area (Å²) in [6.07, 6.45) is 4.10. The molecule has 1 aliphatic heterocycles. The van der Waals surface area contributed by atoms with Gasteiger partial charge in [0.25, 0.3) is 0 Å². The van der Waals surface area contributed by atoms with Crippen LogP contribution in [0.15, 0.2) is 12.4 Å². The van der Waals surface area contributed by atoms with Crippen molar-refractivity contribution in [2.75, 3.05) is 32.6 Å². The lowest BCUT2D eigenvalue weighted by Gasteiger charge is -2.35. The minimum absolute atomic E-state index is 0.226. The lowest BCUT2D eigenvalue weighted by Crippen LogP contribution is -2.43. The van der Waals surface area contributed by atoms with Crippen LogP contribution in [0.5, 0.6) is 0 Å². The number of carbonyl (C=O) groups excluding carboxylic acids is 1. The largest absolute Gasteiger partial charge is 0.464 e. The Balaban J connectivity index is 1.98. The molecule has 2 atom stereocenters. The molecule has 2 unspecified atom stereocenters. The molecule has 6 nitrogen and oxygen atoms in total. The van der Waals surface area contributed by atoms with E-state index in [4.69, 9.17) is 0 Å². The summed E-state index contributed by atoms with van der Waals surface area (Å²) >= 11 is 0. The van der Waals surface area contributed by atoms with Crippen molar-refractivity contribution < 1.29 is 9.53 Å². The van der Waals surface area contributed by atoms with Crippen molar-refractivity contribution in [3.8, 4) is 0 Å². The Hall–Kier alpha value is -1.69. The Labute approximate surface area is 113 Å². The number of piperidine rings is 1. The first-order valence-electron chi connectivity index (χ1n) is 6.45. The van der Waals surface area contributed by atoms with E-state index in [2.05, 4.69) is 38.9 Å². The Morgan fingerprint density at radius 3 is 2.84 bits per heavy atom. The van der Waals surface area contributed by atoms with Crippen LogP contribution in [0.25, 0.3) is 0 Å². The van der Waals surface area contributed by atoms with Gasteiger partial charge < -0.3 is 15.0 Å². The number of ether oxygens (including phenoxy) is 1. The Bertz CT molecular complexity index is 435. The molecule has 1 aromatic heterocycles. The van der Waals surface area contributed by atoms with E-state index in [-0.39, 0.29) is 5.69 Å². The summed E-state index contributed by atoms with van der Waals surface area (Å²) in [7, 11) is 3.47. The van der Waals surface area contributed by atoms with Crippen LogP contribution in [0.3, 0.4) is 0 Å². The van der Waals surface area contributed by atoms with E-state index in [1.807, 2.05) is 0 Å². The molecule has 2 heterocycles. The number of methoxy groups -OCH3 is 1. The quantitative estimate of drug-likeness (QED) is 0.822. The molecule has 1 aromatic rings. The average molecular weight is 264 g/mol. The molecule has 0 spiro atoms. The van der Waals surface area contributed by atoms with Crippen molar-refractivity contribution in [2.45, 2.75) is 19.4 Å². The number of nitrogens with zero attached hydrogens (tertiary/aromatic N) is 3. The highest BCUT2D eigenvalue weighted by Gasteiger charge is 2.24. The molecule has 19 heavy (non-hydrogen) atoms. The predicted octanol–water partition coefficient (Wildman–Crippen LogP) is 1.02. The van der Waals surface area contributed by atoms with Crippen molar-refractivity contribution in [3.63, 3.8) is 0 Å². The van der Waals surface area contributed by atoms with Crippen LogP contribution >= 0.6 is 0 Å². The van der Waals surface area contributed by atoms with Gasteiger partial charge in [0.2, 0.25) is 0 Å². The minimum Gasteiger partial charge on any atom is -0.464 e. The molecule has 1 N–H and O–H groups in total.